The molecule has 0 unspecified atom stereocenters. The van der Waals surface area contributed by atoms with Crippen molar-refractivity contribution in [3.8, 4) is 0 Å². The number of aromatic nitrogens is 3. The minimum absolute atomic E-state index is 0.271. The zero-order valence-corrected chi connectivity index (χ0v) is 14.6. The van der Waals surface area contributed by atoms with Gasteiger partial charge in [0.25, 0.3) is 0 Å². The van der Waals surface area contributed by atoms with Crippen LogP contribution in [0.4, 0.5) is 0 Å². The van der Waals surface area contributed by atoms with Crippen molar-refractivity contribution in [1.29, 1.82) is 0 Å². The fraction of sp³-hybridized carbons (Fsp3) is 0.824. The summed E-state index contributed by atoms with van der Waals surface area (Å²) in [6.45, 7) is 6.97. The summed E-state index contributed by atoms with van der Waals surface area (Å²) in [5, 5.41) is 11.7. The molecule has 3 rings (SSSR count). The minimum atomic E-state index is 0.271. The number of likely N-dealkylation sites (tertiary alicyclic amines) is 1. The molecule has 2 fully saturated rings. The van der Waals surface area contributed by atoms with Gasteiger partial charge in [0.1, 0.15) is 11.6 Å². The van der Waals surface area contributed by atoms with E-state index in [0.29, 0.717) is 5.92 Å². The molecule has 128 valence electrons. The summed E-state index contributed by atoms with van der Waals surface area (Å²) in [6, 6.07) is 0.289. The van der Waals surface area contributed by atoms with Crippen molar-refractivity contribution in [1.82, 2.24) is 25.0 Å². The highest BCUT2D eigenvalue weighted by molar-refractivity contribution is 5.79. The van der Waals surface area contributed by atoms with Gasteiger partial charge in [-0.1, -0.05) is 19.8 Å². The summed E-state index contributed by atoms with van der Waals surface area (Å²) in [5.41, 5.74) is 0. The van der Waals surface area contributed by atoms with Gasteiger partial charge in [0.2, 0.25) is 5.91 Å². The van der Waals surface area contributed by atoms with Crippen LogP contribution in [-0.2, 0) is 18.4 Å². The van der Waals surface area contributed by atoms with E-state index in [4.69, 9.17) is 0 Å². The van der Waals surface area contributed by atoms with Crippen molar-refractivity contribution in [2.24, 2.45) is 18.9 Å². The Balaban J connectivity index is 1.60. The molecular weight excluding hydrogens is 290 g/mol. The Hall–Kier alpha value is -1.43. The standard InChI is InChI=1S/C17H29N5O/c1-4-6-14-9-22(11-16-20-19-12(2)21(16)3)10-15(14)18-17(23)13-7-5-8-13/h13-15H,4-11H2,1-3H3,(H,18,23)/t14-,15-/m0/s1. The third-order valence-electron chi connectivity index (χ3n) is 5.53. The average molecular weight is 319 g/mol. The Labute approximate surface area is 138 Å². The Bertz CT molecular complexity index is 551. The molecule has 0 radical (unpaired) electrons. The van der Waals surface area contributed by atoms with E-state index in [1.54, 1.807) is 0 Å². The van der Waals surface area contributed by atoms with Crippen LogP contribution in [0.1, 0.15) is 50.7 Å². The van der Waals surface area contributed by atoms with Gasteiger partial charge >= 0.3 is 0 Å². The first-order chi connectivity index (χ1) is 11.1. The van der Waals surface area contributed by atoms with Crippen molar-refractivity contribution in [3.63, 3.8) is 0 Å². The molecule has 1 N–H and O–H groups in total. The molecule has 1 aliphatic carbocycles. The number of nitrogens with zero attached hydrogens (tertiary/aromatic N) is 4. The van der Waals surface area contributed by atoms with E-state index in [1.165, 1.54) is 12.8 Å². The third kappa shape index (κ3) is 3.57. The van der Waals surface area contributed by atoms with Crippen LogP contribution in [0.25, 0.3) is 0 Å². The Morgan fingerprint density at radius 3 is 2.65 bits per heavy atom. The number of carbonyl (C=O) groups is 1. The Morgan fingerprint density at radius 1 is 1.30 bits per heavy atom. The topological polar surface area (TPSA) is 63.1 Å². The van der Waals surface area contributed by atoms with Crippen LogP contribution in [0.5, 0.6) is 0 Å². The SMILES string of the molecule is CCC[C@H]1CN(Cc2nnc(C)n2C)C[C@@H]1NC(=O)C1CCC1. The first-order valence-corrected chi connectivity index (χ1v) is 8.96. The van der Waals surface area contributed by atoms with Crippen LogP contribution in [-0.4, -0.2) is 44.7 Å². The van der Waals surface area contributed by atoms with Gasteiger partial charge in [0.05, 0.1) is 6.54 Å². The molecule has 2 heterocycles. The second kappa shape index (κ2) is 6.99. The van der Waals surface area contributed by atoms with Crippen LogP contribution < -0.4 is 5.32 Å². The van der Waals surface area contributed by atoms with E-state index in [-0.39, 0.29) is 17.9 Å². The normalized spacial score (nSPS) is 25.5. The molecule has 1 aromatic rings. The number of hydrogen-bond acceptors (Lipinski definition) is 4. The Kier molecular flexibility index (Phi) is 4.99. The lowest BCUT2D eigenvalue weighted by Crippen LogP contribution is -2.45. The molecule has 0 bridgehead atoms. The van der Waals surface area contributed by atoms with Gasteiger partial charge in [0, 0.05) is 32.1 Å². The van der Waals surface area contributed by atoms with E-state index >= 15 is 0 Å². The lowest BCUT2D eigenvalue weighted by molar-refractivity contribution is -0.128. The van der Waals surface area contributed by atoms with Gasteiger partial charge < -0.3 is 9.88 Å². The van der Waals surface area contributed by atoms with E-state index in [2.05, 4.69) is 31.9 Å². The fourth-order valence-electron chi connectivity index (χ4n) is 3.68. The molecule has 0 spiro atoms. The molecule has 1 aromatic heterocycles. The second-order valence-corrected chi connectivity index (χ2v) is 7.21. The van der Waals surface area contributed by atoms with Gasteiger partial charge in [-0.3, -0.25) is 9.69 Å². The molecule has 1 aliphatic heterocycles. The molecule has 1 saturated carbocycles. The number of carbonyl (C=O) groups excluding carboxylic acids is 1. The quantitative estimate of drug-likeness (QED) is 0.866. The first kappa shape index (κ1) is 16.4. The summed E-state index contributed by atoms with van der Waals surface area (Å²) in [7, 11) is 2.01. The van der Waals surface area contributed by atoms with E-state index in [9.17, 15) is 4.79 Å². The number of hydrogen-bond donors (Lipinski definition) is 1. The average Bonchev–Trinajstić information content (AvgIpc) is 2.96. The highest BCUT2D eigenvalue weighted by Crippen LogP contribution is 2.28. The molecule has 6 heteroatoms. The largest absolute Gasteiger partial charge is 0.352 e. The van der Waals surface area contributed by atoms with Crippen LogP contribution in [0.15, 0.2) is 0 Å². The second-order valence-electron chi connectivity index (χ2n) is 7.21. The van der Waals surface area contributed by atoms with Gasteiger partial charge in [-0.05, 0) is 32.1 Å². The third-order valence-corrected chi connectivity index (χ3v) is 5.53. The smallest absolute Gasteiger partial charge is 0.223 e. The molecular formula is C17H29N5O. The van der Waals surface area contributed by atoms with Crippen molar-refractivity contribution in [2.75, 3.05) is 13.1 Å². The van der Waals surface area contributed by atoms with Gasteiger partial charge in [-0.15, -0.1) is 10.2 Å². The fourth-order valence-corrected chi connectivity index (χ4v) is 3.68. The zero-order valence-electron chi connectivity index (χ0n) is 14.6. The molecule has 0 aromatic carbocycles. The number of amides is 1. The van der Waals surface area contributed by atoms with Crippen LogP contribution in [0, 0.1) is 18.8 Å². The predicted octanol–water partition coefficient (Wildman–Crippen LogP) is 1.64. The van der Waals surface area contributed by atoms with Gasteiger partial charge in [0.15, 0.2) is 0 Å². The monoisotopic (exact) mass is 319 g/mol. The number of aryl methyl sites for hydroxylation is 1. The van der Waals surface area contributed by atoms with Crippen LogP contribution in [0.3, 0.4) is 0 Å². The zero-order chi connectivity index (χ0) is 16.4. The predicted molar refractivity (Wildman–Crippen MR) is 88.7 cm³/mol. The number of rotatable bonds is 6. The maximum Gasteiger partial charge on any atom is 0.223 e. The summed E-state index contributed by atoms with van der Waals surface area (Å²) in [4.78, 5) is 14.7. The molecule has 1 saturated heterocycles. The van der Waals surface area contributed by atoms with Gasteiger partial charge in [-0.25, -0.2) is 0 Å². The molecule has 23 heavy (non-hydrogen) atoms. The Morgan fingerprint density at radius 2 is 2.09 bits per heavy atom. The van der Waals surface area contributed by atoms with Crippen molar-refractivity contribution >= 4 is 5.91 Å². The summed E-state index contributed by atoms with van der Waals surface area (Å²) in [5.74, 6) is 3.05. The van der Waals surface area contributed by atoms with Gasteiger partial charge in [-0.2, -0.15) is 0 Å². The molecule has 6 nitrogen and oxygen atoms in total. The van der Waals surface area contributed by atoms with E-state index in [0.717, 1.165) is 50.5 Å². The van der Waals surface area contributed by atoms with E-state index < -0.39 is 0 Å². The van der Waals surface area contributed by atoms with Crippen LogP contribution in [0.2, 0.25) is 0 Å². The highest BCUT2D eigenvalue weighted by Gasteiger charge is 2.35. The molecule has 2 atom stereocenters. The summed E-state index contributed by atoms with van der Waals surface area (Å²) >= 11 is 0. The molecule has 1 amide bonds. The van der Waals surface area contributed by atoms with Crippen molar-refractivity contribution in [2.45, 2.75) is 58.5 Å². The van der Waals surface area contributed by atoms with Crippen molar-refractivity contribution in [3.05, 3.63) is 11.6 Å². The molecule has 2 aliphatic rings. The first-order valence-electron chi connectivity index (χ1n) is 8.96. The highest BCUT2D eigenvalue weighted by atomic mass is 16.2. The lowest BCUT2D eigenvalue weighted by Gasteiger charge is -2.27. The lowest BCUT2D eigenvalue weighted by atomic mass is 9.84. The number of nitrogens with one attached hydrogen (secondary N) is 1. The maximum atomic E-state index is 12.3. The van der Waals surface area contributed by atoms with E-state index in [1.807, 2.05) is 14.0 Å². The maximum absolute atomic E-state index is 12.3. The van der Waals surface area contributed by atoms with Crippen molar-refractivity contribution < 1.29 is 4.79 Å². The minimum Gasteiger partial charge on any atom is -0.352 e. The summed E-state index contributed by atoms with van der Waals surface area (Å²) < 4.78 is 2.05. The summed E-state index contributed by atoms with van der Waals surface area (Å²) in [6.07, 6.45) is 5.68. The van der Waals surface area contributed by atoms with Crippen LogP contribution >= 0.6 is 0 Å².